The topological polar surface area (TPSA) is 53.5 Å². The number of benzene rings is 2. The minimum Gasteiger partial charge on any atom is -0.345 e. The minimum atomic E-state index is -3.72. The maximum Gasteiger partial charge on any atom is 0.243 e. The van der Waals surface area contributed by atoms with Gasteiger partial charge in [0.05, 0.1) is 10.6 Å². The summed E-state index contributed by atoms with van der Waals surface area (Å²) >= 11 is 5.02. The smallest absolute Gasteiger partial charge is 0.243 e. The van der Waals surface area contributed by atoms with Gasteiger partial charge >= 0.3 is 0 Å². The van der Waals surface area contributed by atoms with Gasteiger partial charge in [-0.2, -0.15) is 4.31 Å². The van der Waals surface area contributed by atoms with Crippen molar-refractivity contribution in [3.8, 4) is 11.3 Å². The number of halogens is 2. The third-order valence-electron chi connectivity index (χ3n) is 4.89. The number of sulfonamides is 1. The Kier molecular flexibility index (Phi) is 5.74. The van der Waals surface area contributed by atoms with Crippen molar-refractivity contribution in [2.24, 2.45) is 0 Å². The van der Waals surface area contributed by atoms with Crippen LogP contribution in [0.2, 0.25) is 0 Å². The number of hydrogen-bond donors (Lipinski definition) is 0. The largest absolute Gasteiger partial charge is 0.345 e. The second-order valence-corrected chi connectivity index (χ2v) is 10.5. The molecule has 0 spiro atoms. The van der Waals surface area contributed by atoms with Gasteiger partial charge in [-0.1, -0.05) is 34.1 Å². The number of nitrogens with zero attached hydrogens (tertiary/aromatic N) is 3. The summed E-state index contributed by atoms with van der Waals surface area (Å²) in [5.74, 6) is -0.546. The molecule has 1 fully saturated rings. The van der Waals surface area contributed by atoms with Crippen LogP contribution in [-0.4, -0.2) is 43.9 Å². The first-order chi connectivity index (χ1) is 13.8. The molecule has 1 aromatic heterocycles. The van der Waals surface area contributed by atoms with Crippen molar-refractivity contribution in [3.05, 3.63) is 63.7 Å². The van der Waals surface area contributed by atoms with Crippen LogP contribution in [0.25, 0.3) is 11.3 Å². The van der Waals surface area contributed by atoms with Crippen molar-refractivity contribution < 1.29 is 12.8 Å². The van der Waals surface area contributed by atoms with Gasteiger partial charge in [-0.05, 0) is 36.8 Å². The summed E-state index contributed by atoms with van der Waals surface area (Å²) in [5, 5.41) is 2.88. The fraction of sp³-hybridized carbons (Fsp3) is 0.250. The molecule has 0 atom stereocenters. The van der Waals surface area contributed by atoms with Gasteiger partial charge < -0.3 is 4.90 Å². The molecule has 1 aliphatic rings. The molecule has 2 aromatic carbocycles. The van der Waals surface area contributed by atoms with Crippen molar-refractivity contribution in [1.29, 1.82) is 0 Å². The van der Waals surface area contributed by atoms with E-state index in [9.17, 15) is 12.8 Å². The molecule has 2 heterocycles. The Balaban J connectivity index is 1.48. The monoisotopic (exact) mass is 495 g/mol. The molecule has 0 unspecified atom stereocenters. The van der Waals surface area contributed by atoms with Crippen molar-refractivity contribution in [2.75, 3.05) is 31.1 Å². The summed E-state index contributed by atoms with van der Waals surface area (Å²) in [5.41, 5.74) is 2.48. The predicted octanol–water partition coefficient (Wildman–Crippen LogP) is 4.53. The van der Waals surface area contributed by atoms with E-state index >= 15 is 0 Å². The molecule has 0 saturated carbocycles. The van der Waals surface area contributed by atoms with Crippen molar-refractivity contribution >= 4 is 42.4 Å². The summed E-state index contributed by atoms with van der Waals surface area (Å²) in [6.45, 7) is 3.44. The highest BCUT2D eigenvalue weighted by atomic mass is 79.9. The maximum absolute atomic E-state index is 13.6. The van der Waals surface area contributed by atoms with Gasteiger partial charge in [-0.15, -0.1) is 11.3 Å². The molecule has 1 aliphatic heterocycles. The molecule has 4 rings (SSSR count). The van der Waals surface area contributed by atoms with Gasteiger partial charge in [-0.3, -0.25) is 0 Å². The molecule has 1 saturated heterocycles. The zero-order valence-corrected chi connectivity index (χ0v) is 18.9. The Morgan fingerprint density at radius 1 is 1.10 bits per heavy atom. The first-order valence-corrected chi connectivity index (χ1v) is 12.2. The van der Waals surface area contributed by atoms with E-state index < -0.39 is 15.8 Å². The number of hydrogen-bond acceptors (Lipinski definition) is 5. The first kappa shape index (κ1) is 20.5. The molecule has 152 valence electrons. The molecule has 5 nitrogen and oxygen atoms in total. The molecule has 0 amide bonds. The zero-order chi connectivity index (χ0) is 20.6. The number of aryl methyl sites for hydroxylation is 1. The van der Waals surface area contributed by atoms with Crippen LogP contribution < -0.4 is 4.90 Å². The normalized spacial score (nSPS) is 15.6. The lowest BCUT2D eigenvalue weighted by molar-refractivity contribution is 0.384. The third-order valence-corrected chi connectivity index (χ3v) is 8.32. The van der Waals surface area contributed by atoms with Crippen LogP contribution in [0.4, 0.5) is 9.52 Å². The number of piperazine rings is 1. The van der Waals surface area contributed by atoms with E-state index in [0.29, 0.717) is 31.7 Å². The Morgan fingerprint density at radius 2 is 1.86 bits per heavy atom. The standard InChI is InChI=1S/C20H19BrFN3O2S2/c1-14-5-6-17(22)12-19(14)29(26,27)25-9-7-24(8-10-25)20-23-18(13-28-20)15-3-2-4-16(21)11-15/h2-6,11-13H,7-10H2,1H3. The van der Waals surface area contributed by atoms with Gasteiger partial charge in [0, 0.05) is 41.6 Å². The summed E-state index contributed by atoms with van der Waals surface area (Å²) in [7, 11) is -3.72. The lowest BCUT2D eigenvalue weighted by atomic mass is 10.2. The molecular weight excluding hydrogens is 477 g/mol. The quantitative estimate of drug-likeness (QED) is 0.533. The molecule has 0 N–H and O–H groups in total. The number of anilines is 1. The van der Waals surface area contributed by atoms with E-state index in [2.05, 4.69) is 20.8 Å². The van der Waals surface area contributed by atoms with Gasteiger partial charge in [0.2, 0.25) is 10.0 Å². The van der Waals surface area contributed by atoms with E-state index in [1.807, 2.05) is 29.6 Å². The van der Waals surface area contributed by atoms with E-state index in [4.69, 9.17) is 4.98 Å². The van der Waals surface area contributed by atoms with E-state index in [1.165, 1.54) is 16.4 Å². The third kappa shape index (κ3) is 4.23. The maximum atomic E-state index is 13.6. The minimum absolute atomic E-state index is 0.0390. The Hall–Kier alpha value is -1.81. The van der Waals surface area contributed by atoms with Gasteiger partial charge in [0.15, 0.2) is 5.13 Å². The summed E-state index contributed by atoms with van der Waals surface area (Å²) in [6, 6.07) is 11.8. The van der Waals surface area contributed by atoms with Gasteiger partial charge in [-0.25, -0.2) is 17.8 Å². The fourth-order valence-electron chi connectivity index (χ4n) is 3.30. The van der Waals surface area contributed by atoms with Crippen molar-refractivity contribution in [1.82, 2.24) is 9.29 Å². The summed E-state index contributed by atoms with van der Waals surface area (Å²) in [6.07, 6.45) is 0. The first-order valence-electron chi connectivity index (χ1n) is 9.07. The average Bonchev–Trinajstić information content (AvgIpc) is 3.20. The second-order valence-electron chi connectivity index (χ2n) is 6.83. The fourth-order valence-corrected chi connectivity index (χ4v) is 6.25. The van der Waals surface area contributed by atoms with E-state index in [1.54, 1.807) is 18.3 Å². The Bertz CT molecular complexity index is 1140. The second kappa shape index (κ2) is 8.14. The van der Waals surface area contributed by atoms with Crippen LogP contribution in [0.3, 0.4) is 0 Å². The van der Waals surface area contributed by atoms with Crippen molar-refractivity contribution in [2.45, 2.75) is 11.8 Å². The highest BCUT2D eigenvalue weighted by molar-refractivity contribution is 9.10. The number of thiazole rings is 1. The van der Waals surface area contributed by atoms with Crippen LogP contribution in [0.15, 0.2) is 57.2 Å². The molecular formula is C20H19BrFN3O2S2. The molecule has 0 radical (unpaired) electrons. The Morgan fingerprint density at radius 3 is 2.59 bits per heavy atom. The molecule has 9 heteroatoms. The summed E-state index contributed by atoms with van der Waals surface area (Å²) in [4.78, 5) is 6.86. The van der Waals surface area contributed by atoms with Crippen LogP contribution in [0.5, 0.6) is 0 Å². The van der Waals surface area contributed by atoms with E-state index in [-0.39, 0.29) is 4.90 Å². The van der Waals surface area contributed by atoms with Crippen LogP contribution >= 0.6 is 27.3 Å². The van der Waals surface area contributed by atoms with Crippen LogP contribution in [-0.2, 0) is 10.0 Å². The molecule has 0 bridgehead atoms. The van der Waals surface area contributed by atoms with E-state index in [0.717, 1.165) is 26.9 Å². The zero-order valence-electron chi connectivity index (χ0n) is 15.7. The van der Waals surface area contributed by atoms with Gasteiger partial charge in [0.1, 0.15) is 5.82 Å². The van der Waals surface area contributed by atoms with Crippen LogP contribution in [0.1, 0.15) is 5.56 Å². The molecule has 0 aliphatic carbocycles. The molecule has 29 heavy (non-hydrogen) atoms. The highest BCUT2D eigenvalue weighted by Crippen LogP contribution is 2.30. The SMILES string of the molecule is Cc1ccc(F)cc1S(=O)(=O)N1CCN(c2nc(-c3cccc(Br)c3)cs2)CC1. The lowest BCUT2D eigenvalue weighted by Gasteiger charge is -2.34. The van der Waals surface area contributed by atoms with Gasteiger partial charge in [0.25, 0.3) is 0 Å². The summed E-state index contributed by atoms with van der Waals surface area (Å²) < 4.78 is 41.9. The van der Waals surface area contributed by atoms with Crippen LogP contribution in [0, 0.1) is 12.7 Å². The molecule has 3 aromatic rings. The predicted molar refractivity (Wildman–Crippen MR) is 117 cm³/mol. The number of rotatable bonds is 4. The van der Waals surface area contributed by atoms with Crippen molar-refractivity contribution in [3.63, 3.8) is 0 Å². The lowest BCUT2D eigenvalue weighted by Crippen LogP contribution is -2.48. The highest BCUT2D eigenvalue weighted by Gasteiger charge is 2.30. The Labute approximate surface area is 182 Å². The number of aromatic nitrogens is 1. The average molecular weight is 496 g/mol.